The Morgan fingerprint density at radius 2 is 1.53 bits per heavy atom. The maximum Gasteiger partial charge on any atom is 0.344 e. The van der Waals surface area contributed by atoms with Crippen LogP contribution in [0.4, 0.5) is 0 Å². The van der Waals surface area contributed by atoms with Crippen molar-refractivity contribution in [3.8, 4) is 0 Å². The first-order valence-electron chi connectivity index (χ1n) is 5.39. The third kappa shape index (κ3) is 9.57. The summed E-state index contributed by atoms with van der Waals surface area (Å²) in [6.45, 7) is 2.57. The van der Waals surface area contributed by atoms with E-state index in [0.717, 1.165) is 0 Å². The number of rotatable bonds is 10. The van der Waals surface area contributed by atoms with Gasteiger partial charge in [0.1, 0.15) is 5.60 Å². The SMILES string of the molecule is CC(C)(CCOC(=O)COC=O)OC(=O)COC=O. The molecule has 0 aliphatic carbocycles. The lowest BCUT2D eigenvalue weighted by Crippen LogP contribution is -2.32. The molecule has 19 heavy (non-hydrogen) atoms. The van der Waals surface area contributed by atoms with Gasteiger partial charge in [-0.05, 0) is 13.8 Å². The van der Waals surface area contributed by atoms with E-state index in [4.69, 9.17) is 9.47 Å². The van der Waals surface area contributed by atoms with Gasteiger partial charge in [-0.1, -0.05) is 0 Å². The molecule has 0 aliphatic heterocycles. The van der Waals surface area contributed by atoms with Gasteiger partial charge in [0, 0.05) is 6.42 Å². The third-order valence-corrected chi connectivity index (χ3v) is 1.90. The molecule has 0 aromatic heterocycles. The molecule has 0 fully saturated rings. The highest BCUT2D eigenvalue weighted by Gasteiger charge is 2.23. The van der Waals surface area contributed by atoms with Crippen LogP contribution in [0.25, 0.3) is 0 Å². The van der Waals surface area contributed by atoms with Gasteiger partial charge in [-0.25, -0.2) is 9.59 Å². The van der Waals surface area contributed by atoms with Crippen LogP contribution in [0, 0.1) is 0 Å². The average molecular weight is 276 g/mol. The molecule has 0 aliphatic rings. The van der Waals surface area contributed by atoms with E-state index in [2.05, 4.69) is 9.47 Å². The van der Waals surface area contributed by atoms with E-state index in [1.54, 1.807) is 13.8 Å². The molecule has 8 nitrogen and oxygen atoms in total. The fourth-order valence-corrected chi connectivity index (χ4v) is 1.05. The summed E-state index contributed by atoms with van der Waals surface area (Å²) < 4.78 is 18.2. The van der Waals surface area contributed by atoms with E-state index in [1.807, 2.05) is 0 Å². The van der Waals surface area contributed by atoms with Gasteiger partial charge in [0.2, 0.25) is 0 Å². The molecule has 108 valence electrons. The first kappa shape index (κ1) is 16.9. The Balaban J connectivity index is 3.89. The van der Waals surface area contributed by atoms with E-state index in [0.29, 0.717) is 0 Å². The van der Waals surface area contributed by atoms with Gasteiger partial charge in [0.25, 0.3) is 12.9 Å². The topological polar surface area (TPSA) is 105 Å². The van der Waals surface area contributed by atoms with Gasteiger partial charge in [-0.2, -0.15) is 0 Å². The molecular weight excluding hydrogens is 260 g/mol. The molecule has 8 heteroatoms. The van der Waals surface area contributed by atoms with Crippen molar-refractivity contribution in [2.24, 2.45) is 0 Å². The number of esters is 2. The number of carbonyl (C=O) groups is 4. The molecule has 0 unspecified atom stereocenters. The van der Waals surface area contributed by atoms with Crippen molar-refractivity contribution in [2.45, 2.75) is 25.9 Å². The summed E-state index contributed by atoms with van der Waals surface area (Å²) in [7, 11) is 0. The van der Waals surface area contributed by atoms with Gasteiger partial charge in [-0.15, -0.1) is 0 Å². The molecule has 0 N–H and O–H groups in total. The van der Waals surface area contributed by atoms with Crippen molar-refractivity contribution in [1.29, 1.82) is 0 Å². The summed E-state index contributed by atoms with van der Waals surface area (Å²) in [6, 6.07) is 0. The molecule has 0 saturated carbocycles. The maximum absolute atomic E-state index is 11.2. The summed E-state index contributed by atoms with van der Waals surface area (Å²) in [5.74, 6) is -1.40. The standard InChI is InChI=1S/C11H16O8/c1-11(2,19-10(15)6-17-8-13)3-4-18-9(14)5-16-7-12/h7-8H,3-6H2,1-2H3. The third-order valence-electron chi connectivity index (χ3n) is 1.90. The zero-order valence-corrected chi connectivity index (χ0v) is 10.7. The fraction of sp³-hybridized carbons (Fsp3) is 0.636. The molecular formula is C11H16O8. The van der Waals surface area contributed by atoms with Gasteiger partial charge < -0.3 is 18.9 Å². The van der Waals surface area contributed by atoms with Crippen molar-refractivity contribution in [3.05, 3.63) is 0 Å². The molecule has 0 bridgehead atoms. The monoisotopic (exact) mass is 276 g/mol. The maximum atomic E-state index is 11.2. The predicted octanol–water partition coefficient (Wildman–Crippen LogP) is -0.412. The van der Waals surface area contributed by atoms with E-state index in [9.17, 15) is 19.2 Å². The van der Waals surface area contributed by atoms with Gasteiger partial charge >= 0.3 is 11.9 Å². The van der Waals surface area contributed by atoms with Gasteiger partial charge in [0.05, 0.1) is 6.61 Å². The Bertz CT molecular complexity index is 323. The number of hydrogen-bond acceptors (Lipinski definition) is 8. The smallest absolute Gasteiger partial charge is 0.344 e. The predicted molar refractivity (Wildman–Crippen MR) is 59.8 cm³/mol. The molecule has 0 heterocycles. The van der Waals surface area contributed by atoms with Crippen molar-refractivity contribution >= 4 is 24.9 Å². The Morgan fingerprint density at radius 1 is 1.00 bits per heavy atom. The normalized spacial score (nSPS) is 10.2. The van der Waals surface area contributed by atoms with Gasteiger partial charge in [0.15, 0.2) is 13.2 Å². The second-order valence-corrected chi connectivity index (χ2v) is 4.02. The van der Waals surface area contributed by atoms with E-state index >= 15 is 0 Å². The molecule has 0 amide bonds. The quantitative estimate of drug-likeness (QED) is 0.301. The molecule has 0 spiro atoms. The van der Waals surface area contributed by atoms with Crippen LogP contribution in [0.5, 0.6) is 0 Å². The van der Waals surface area contributed by atoms with Crippen LogP contribution in [0.1, 0.15) is 20.3 Å². The summed E-state index contributed by atoms with van der Waals surface area (Å²) in [4.78, 5) is 41.9. The minimum atomic E-state index is -0.880. The van der Waals surface area contributed by atoms with E-state index in [1.165, 1.54) is 0 Å². The first-order chi connectivity index (χ1) is 8.91. The minimum absolute atomic E-state index is 0.00410. The first-order valence-corrected chi connectivity index (χ1v) is 5.39. The number of carbonyl (C=O) groups excluding carboxylic acids is 4. The lowest BCUT2D eigenvalue weighted by Gasteiger charge is -2.24. The van der Waals surface area contributed by atoms with Crippen molar-refractivity contribution in [1.82, 2.24) is 0 Å². The van der Waals surface area contributed by atoms with Crippen LogP contribution < -0.4 is 0 Å². The Kier molecular flexibility index (Phi) is 7.90. The zero-order chi connectivity index (χ0) is 14.7. The van der Waals surface area contributed by atoms with E-state index in [-0.39, 0.29) is 26.0 Å². The zero-order valence-electron chi connectivity index (χ0n) is 10.7. The second-order valence-electron chi connectivity index (χ2n) is 4.02. The van der Waals surface area contributed by atoms with Crippen LogP contribution in [-0.2, 0) is 38.1 Å². The molecule has 0 radical (unpaired) electrons. The molecule has 0 aromatic rings. The largest absolute Gasteiger partial charge is 0.463 e. The Labute approximate surface area is 109 Å². The highest BCUT2D eigenvalue weighted by Crippen LogP contribution is 2.14. The number of hydrogen-bond donors (Lipinski definition) is 0. The minimum Gasteiger partial charge on any atom is -0.463 e. The fourth-order valence-electron chi connectivity index (χ4n) is 1.05. The van der Waals surface area contributed by atoms with Crippen LogP contribution in [0.2, 0.25) is 0 Å². The second kappa shape index (κ2) is 8.90. The van der Waals surface area contributed by atoms with Gasteiger partial charge in [-0.3, -0.25) is 9.59 Å². The van der Waals surface area contributed by atoms with Crippen molar-refractivity contribution < 1.29 is 38.1 Å². The lowest BCUT2D eigenvalue weighted by molar-refractivity contribution is -0.166. The summed E-state index contributed by atoms with van der Waals surface area (Å²) >= 11 is 0. The molecule has 0 atom stereocenters. The number of ether oxygens (including phenoxy) is 4. The van der Waals surface area contributed by atoms with Crippen LogP contribution in [-0.4, -0.2) is 50.3 Å². The van der Waals surface area contributed by atoms with Crippen LogP contribution in [0.15, 0.2) is 0 Å². The summed E-state index contributed by atoms with van der Waals surface area (Å²) in [5.41, 5.74) is -0.880. The van der Waals surface area contributed by atoms with Crippen LogP contribution in [0.3, 0.4) is 0 Å². The molecule has 0 aromatic carbocycles. The lowest BCUT2D eigenvalue weighted by atomic mass is 10.1. The van der Waals surface area contributed by atoms with Crippen molar-refractivity contribution in [3.63, 3.8) is 0 Å². The highest BCUT2D eigenvalue weighted by molar-refractivity contribution is 5.72. The average Bonchev–Trinajstić information content (AvgIpc) is 2.33. The Morgan fingerprint density at radius 3 is 2.05 bits per heavy atom. The highest BCUT2D eigenvalue weighted by atomic mass is 16.6. The van der Waals surface area contributed by atoms with Crippen LogP contribution >= 0.6 is 0 Å². The summed E-state index contributed by atoms with van der Waals surface area (Å²) in [5, 5.41) is 0. The summed E-state index contributed by atoms with van der Waals surface area (Å²) in [6.07, 6.45) is 0.243. The van der Waals surface area contributed by atoms with Crippen molar-refractivity contribution in [2.75, 3.05) is 19.8 Å². The Hall–Kier alpha value is -2.12. The molecule has 0 rings (SSSR count). The molecule has 0 saturated heterocycles. The van der Waals surface area contributed by atoms with E-state index < -0.39 is 30.8 Å².